The fourth-order valence-electron chi connectivity index (χ4n) is 2.22. The van der Waals surface area contributed by atoms with Crippen LogP contribution in [0.2, 0.25) is 0 Å². The molecule has 24 heavy (non-hydrogen) atoms. The van der Waals surface area contributed by atoms with Gasteiger partial charge in [0.15, 0.2) is 0 Å². The van der Waals surface area contributed by atoms with Crippen LogP contribution in [0, 0.1) is 5.82 Å². The summed E-state index contributed by atoms with van der Waals surface area (Å²) in [5, 5.41) is 0.248. The first kappa shape index (κ1) is 15.7. The molecule has 0 saturated heterocycles. The molecular formula is C16H8F3NO4. The van der Waals surface area contributed by atoms with E-state index in [1.165, 1.54) is 24.3 Å². The van der Waals surface area contributed by atoms with Crippen LogP contribution >= 0.6 is 0 Å². The van der Waals surface area contributed by atoms with Gasteiger partial charge in [-0.2, -0.15) is 0 Å². The minimum Gasteiger partial charge on any atom is -0.324 e. The number of imide groups is 1. The van der Waals surface area contributed by atoms with Gasteiger partial charge in [0.1, 0.15) is 5.82 Å². The number of hydrogen-bond acceptors (Lipinski definition) is 4. The Morgan fingerprint density at radius 3 is 2.12 bits per heavy atom. The topological polar surface area (TPSA) is 63.7 Å². The van der Waals surface area contributed by atoms with Gasteiger partial charge in [0.05, 0.1) is 22.3 Å². The second kappa shape index (κ2) is 5.80. The molecule has 0 aliphatic carbocycles. The van der Waals surface area contributed by atoms with Crippen molar-refractivity contribution in [2.24, 2.45) is 0 Å². The highest BCUT2D eigenvalue weighted by Gasteiger charge is 2.38. The Morgan fingerprint density at radius 2 is 1.58 bits per heavy atom. The molecule has 0 N–H and O–H groups in total. The van der Waals surface area contributed by atoms with Crippen LogP contribution < -0.4 is 0 Å². The monoisotopic (exact) mass is 335 g/mol. The van der Waals surface area contributed by atoms with Gasteiger partial charge in [0.2, 0.25) is 0 Å². The number of carbonyl (C=O) groups excluding carboxylic acids is 3. The predicted octanol–water partition coefficient (Wildman–Crippen LogP) is 3.13. The van der Waals surface area contributed by atoms with Crippen LogP contribution in [0.3, 0.4) is 0 Å². The summed E-state index contributed by atoms with van der Waals surface area (Å²) >= 11 is 0. The van der Waals surface area contributed by atoms with E-state index in [9.17, 15) is 27.6 Å². The summed E-state index contributed by atoms with van der Waals surface area (Å²) in [6.45, 7) is 0. The van der Waals surface area contributed by atoms with Crippen molar-refractivity contribution in [3.8, 4) is 0 Å². The van der Waals surface area contributed by atoms with E-state index in [-0.39, 0.29) is 16.2 Å². The van der Waals surface area contributed by atoms with Crippen LogP contribution in [0.5, 0.6) is 0 Å². The lowest BCUT2D eigenvalue weighted by Crippen LogP contribution is -2.32. The standard InChI is InChI=1S/C16H8F3NO4/c17-12-6-5-8(7-11(12)13(18)19)16(23)24-20-14(21)9-3-1-2-4-10(9)15(20)22/h1-7,13H. The Bertz CT molecular complexity index is 831. The zero-order chi connectivity index (χ0) is 17.4. The van der Waals surface area contributed by atoms with E-state index in [2.05, 4.69) is 0 Å². The normalized spacial score (nSPS) is 13.4. The molecule has 2 aromatic rings. The van der Waals surface area contributed by atoms with Crippen molar-refractivity contribution in [3.05, 3.63) is 70.5 Å². The molecule has 2 amide bonds. The number of hydroxylamine groups is 2. The van der Waals surface area contributed by atoms with Gasteiger partial charge in [0, 0.05) is 0 Å². The van der Waals surface area contributed by atoms with Crippen molar-refractivity contribution in [1.29, 1.82) is 0 Å². The molecule has 0 aromatic heterocycles. The summed E-state index contributed by atoms with van der Waals surface area (Å²) in [5.41, 5.74) is -1.28. The maximum Gasteiger partial charge on any atom is 0.363 e. The lowest BCUT2D eigenvalue weighted by Gasteiger charge is -2.13. The SMILES string of the molecule is O=C(ON1C(=O)c2ccccc2C1=O)c1ccc(F)c(C(F)F)c1. The molecule has 8 heteroatoms. The lowest BCUT2D eigenvalue weighted by atomic mass is 10.1. The van der Waals surface area contributed by atoms with Gasteiger partial charge < -0.3 is 4.84 Å². The molecule has 0 atom stereocenters. The fourth-order valence-corrected chi connectivity index (χ4v) is 2.22. The molecule has 0 unspecified atom stereocenters. The highest BCUT2D eigenvalue weighted by Crippen LogP contribution is 2.25. The van der Waals surface area contributed by atoms with E-state index >= 15 is 0 Å². The highest BCUT2D eigenvalue weighted by atomic mass is 19.3. The molecule has 2 aromatic carbocycles. The summed E-state index contributed by atoms with van der Waals surface area (Å²) in [6.07, 6.45) is -3.13. The second-order valence-corrected chi connectivity index (χ2v) is 4.87. The number of fused-ring (bicyclic) bond motifs is 1. The van der Waals surface area contributed by atoms with Gasteiger partial charge in [-0.1, -0.05) is 17.2 Å². The van der Waals surface area contributed by atoms with Crippen LogP contribution in [0.25, 0.3) is 0 Å². The van der Waals surface area contributed by atoms with Gasteiger partial charge in [-0.25, -0.2) is 18.0 Å². The van der Waals surface area contributed by atoms with Crippen molar-refractivity contribution < 1.29 is 32.4 Å². The van der Waals surface area contributed by atoms with E-state index in [1.807, 2.05) is 0 Å². The number of carbonyl (C=O) groups is 3. The molecule has 0 saturated carbocycles. The Hall–Kier alpha value is -3.16. The summed E-state index contributed by atoms with van der Waals surface area (Å²) in [7, 11) is 0. The maximum absolute atomic E-state index is 13.2. The predicted molar refractivity (Wildman–Crippen MR) is 73.7 cm³/mol. The van der Waals surface area contributed by atoms with Crippen LogP contribution in [-0.4, -0.2) is 22.8 Å². The minimum atomic E-state index is -3.13. The minimum absolute atomic E-state index is 0.0580. The third-order valence-corrected chi connectivity index (χ3v) is 3.40. The Morgan fingerprint density at radius 1 is 1.00 bits per heavy atom. The molecule has 0 radical (unpaired) electrons. The average molecular weight is 335 g/mol. The van der Waals surface area contributed by atoms with Crippen LogP contribution in [0.4, 0.5) is 13.2 Å². The van der Waals surface area contributed by atoms with Crippen molar-refractivity contribution >= 4 is 17.8 Å². The first-order chi connectivity index (χ1) is 11.4. The van der Waals surface area contributed by atoms with Crippen molar-refractivity contribution in [1.82, 2.24) is 5.06 Å². The zero-order valence-electron chi connectivity index (χ0n) is 11.8. The van der Waals surface area contributed by atoms with E-state index < -0.39 is 41.2 Å². The molecule has 3 rings (SSSR count). The largest absolute Gasteiger partial charge is 0.363 e. The van der Waals surface area contributed by atoms with Gasteiger partial charge in [0.25, 0.3) is 18.2 Å². The van der Waals surface area contributed by atoms with Gasteiger partial charge >= 0.3 is 5.97 Å². The Kier molecular flexibility index (Phi) is 3.80. The molecule has 0 fully saturated rings. The highest BCUT2D eigenvalue weighted by molar-refractivity contribution is 6.21. The molecule has 1 aliphatic heterocycles. The summed E-state index contributed by atoms with van der Waals surface area (Å²) in [6, 6.07) is 8.05. The number of benzene rings is 2. The quantitative estimate of drug-likeness (QED) is 0.809. The van der Waals surface area contributed by atoms with Crippen LogP contribution in [-0.2, 0) is 4.84 Å². The lowest BCUT2D eigenvalue weighted by molar-refractivity contribution is -0.0584. The zero-order valence-corrected chi connectivity index (χ0v) is 11.8. The van der Waals surface area contributed by atoms with Crippen molar-refractivity contribution in [3.63, 3.8) is 0 Å². The Labute approximate surface area is 133 Å². The number of alkyl halides is 2. The summed E-state index contributed by atoms with van der Waals surface area (Å²) < 4.78 is 38.6. The van der Waals surface area contributed by atoms with Gasteiger partial charge in [-0.05, 0) is 30.3 Å². The summed E-state index contributed by atoms with van der Waals surface area (Å²) in [4.78, 5) is 40.8. The van der Waals surface area contributed by atoms with E-state index in [4.69, 9.17) is 4.84 Å². The average Bonchev–Trinajstić information content (AvgIpc) is 2.80. The molecule has 0 spiro atoms. The molecule has 1 aliphatic rings. The molecule has 122 valence electrons. The second-order valence-electron chi connectivity index (χ2n) is 4.87. The third-order valence-electron chi connectivity index (χ3n) is 3.40. The number of amides is 2. The fraction of sp³-hybridized carbons (Fsp3) is 0.0625. The first-order valence-electron chi connectivity index (χ1n) is 6.68. The van der Waals surface area contributed by atoms with Crippen molar-refractivity contribution in [2.75, 3.05) is 0 Å². The maximum atomic E-state index is 13.2. The van der Waals surface area contributed by atoms with E-state index in [0.717, 1.165) is 6.07 Å². The van der Waals surface area contributed by atoms with Crippen LogP contribution in [0.15, 0.2) is 42.5 Å². The molecule has 1 heterocycles. The third kappa shape index (κ3) is 2.51. The number of halogens is 3. The number of hydrogen-bond donors (Lipinski definition) is 0. The van der Waals surface area contributed by atoms with Crippen LogP contribution in [0.1, 0.15) is 43.1 Å². The molecule has 5 nitrogen and oxygen atoms in total. The number of rotatable bonds is 3. The first-order valence-corrected chi connectivity index (χ1v) is 6.68. The summed E-state index contributed by atoms with van der Waals surface area (Å²) in [5.74, 6) is -4.10. The molecular weight excluding hydrogens is 327 g/mol. The molecule has 0 bridgehead atoms. The smallest absolute Gasteiger partial charge is 0.324 e. The van der Waals surface area contributed by atoms with Crippen molar-refractivity contribution in [2.45, 2.75) is 6.43 Å². The van der Waals surface area contributed by atoms with Gasteiger partial charge in [-0.15, -0.1) is 0 Å². The van der Waals surface area contributed by atoms with E-state index in [1.54, 1.807) is 0 Å². The Balaban J connectivity index is 1.85. The van der Waals surface area contributed by atoms with E-state index in [0.29, 0.717) is 12.1 Å². The number of nitrogens with zero attached hydrogens (tertiary/aromatic N) is 1. The van der Waals surface area contributed by atoms with Gasteiger partial charge in [-0.3, -0.25) is 9.59 Å².